The van der Waals surface area contributed by atoms with Gasteiger partial charge in [0.05, 0.1) is 5.38 Å². The first-order valence-electron chi connectivity index (χ1n) is 4.30. The number of Topliss-reactive ketones (excluding diaryl/α,β-unsaturated/α-hetero) is 1. The third-order valence-electron chi connectivity index (χ3n) is 1.91. The van der Waals surface area contributed by atoms with Crippen LogP contribution < -0.4 is 0 Å². The number of hydrogen-bond acceptors (Lipinski definition) is 1. The summed E-state index contributed by atoms with van der Waals surface area (Å²) in [5.41, 5.74) is -0.101. The van der Waals surface area contributed by atoms with Crippen molar-refractivity contribution in [1.29, 1.82) is 0 Å². The summed E-state index contributed by atoms with van der Waals surface area (Å²) in [6.07, 6.45) is 0.395. The highest BCUT2D eigenvalue weighted by Crippen LogP contribution is 2.22. The first kappa shape index (κ1) is 12.4. The lowest BCUT2D eigenvalue weighted by atomic mass is 10.1. The lowest BCUT2D eigenvalue weighted by Gasteiger charge is -2.06. The number of halogens is 4. The molecule has 0 aliphatic rings. The fraction of sp³-hybridized carbons (Fsp3) is 0.300. The van der Waals surface area contributed by atoms with E-state index in [1.54, 1.807) is 6.92 Å². The second-order valence-electron chi connectivity index (χ2n) is 2.99. The third kappa shape index (κ3) is 2.67. The zero-order valence-corrected chi connectivity index (χ0v) is 9.37. The van der Waals surface area contributed by atoms with Gasteiger partial charge in [0.15, 0.2) is 5.78 Å². The minimum atomic E-state index is -0.958. The summed E-state index contributed by atoms with van der Waals surface area (Å²) in [6.45, 7) is 1.71. The number of hydrogen-bond donors (Lipinski definition) is 0. The van der Waals surface area contributed by atoms with Gasteiger partial charge in [-0.2, -0.15) is 0 Å². The standard InChI is InChI=1S/C10H8Cl2F2O/c1-2-6(11)10(15)5-3-7(13)9(12)8(14)4-5/h3-4,6H,2H2,1H3. The Morgan fingerprint density at radius 3 is 2.27 bits per heavy atom. The summed E-state index contributed by atoms with van der Waals surface area (Å²) in [6, 6.07) is 1.78. The van der Waals surface area contributed by atoms with Crippen molar-refractivity contribution in [3.8, 4) is 0 Å². The van der Waals surface area contributed by atoms with Crippen LogP contribution in [0.1, 0.15) is 23.7 Å². The molecule has 0 aliphatic heterocycles. The molecule has 1 unspecified atom stereocenters. The van der Waals surface area contributed by atoms with E-state index in [0.29, 0.717) is 6.42 Å². The Labute approximate surface area is 96.0 Å². The highest BCUT2D eigenvalue weighted by atomic mass is 35.5. The second-order valence-corrected chi connectivity index (χ2v) is 3.90. The van der Waals surface area contributed by atoms with Gasteiger partial charge >= 0.3 is 0 Å². The average Bonchev–Trinajstić information content (AvgIpc) is 2.23. The molecule has 0 amide bonds. The van der Waals surface area contributed by atoms with Gasteiger partial charge in [-0.3, -0.25) is 4.79 Å². The van der Waals surface area contributed by atoms with E-state index in [4.69, 9.17) is 23.2 Å². The van der Waals surface area contributed by atoms with Crippen LogP contribution in [-0.2, 0) is 0 Å². The first-order chi connectivity index (χ1) is 6.97. The van der Waals surface area contributed by atoms with Crippen LogP contribution in [0.4, 0.5) is 8.78 Å². The molecule has 0 spiro atoms. The topological polar surface area (TPSA) is 17.1 Å². The molecule has 0 fully saturated rings. The van der Waals surface area contributed by atoms with Gasteiger partial charge in [0.1, 0.15) is 16.7 Å². The van der Waals surface area contributed by atoms with Gasteiger partial charge in [0, 0.05) is 5.56 Å². The average molecular weight is 253 g/mol. The summed E-state index contributed by atoms with van der Waals surface area (Å²) in [4.78, 5) is 11.5. The Hall–Kier alpha value is -0.670. The minimum absolute atomic E-state index is 0.101. The van der Waals surface area contributed by atoms with Gasteiger partial charge in [0.25, 0.3) is 0 Å². The van der Waals surface area contributed by atoms with E-state index in [1.807, 2.05) is 0 Å². The van der Waals surface area contributed by atoms with E-state index >= 15 is 0 Å². The molecule has 0 saturated heterocycles. The molecule has 0 radical (unpaired) electrons. The predicted octanol–water partition coefficient (Wildman–Crippen LogP) is 3.82. The van der Waals surface area contributed by atoms with Crippen molar-refractivity contribution in [2.45, 2.75) is 18.7 Å². The van der Waals surface area contributed by atoms with Crippen LogP contribution in [0.2, 0.25) is 5.02 Å². The molecule has 0 N–H and O–H groups in total. The van der Waals surface area contributed by atoms with Crippen molar-refractivity contribution < 1.29 is 13.6 Å². The zero-order valence-electron chi connectivity index (χ0n) is 7.86. The lowest BCUT2D eigenvalue weighted by molar-refractivity contribution is 0.0985. The molecule has 0 heterocycles. The Bertz CT molecular complexity index is 370. The van der Waals surface area contributed by atoms with Gasteiger partial charge in [-0.1, -0.05) is 18.5 Å². The van der Waals surface area contributed by atoms with Crippen molar-refractivity contribution in [1.82, 2.24) is 0 Å². The van der Waals surface area contributed by atoms with Crippen LogP contribution in [0.5, 0.6) is 0 Å². The SMILES string of the molecule is CCC(Cl)C(=O)c1cc(F)c(Cl)c(F)c1. The number of ketones is 1. The summed E-state index contributed by atoms with van der Waals surface area (Å²) in [5.74, 6) is -2.42. The maximum atomic E-state index is 13.0. The van der Waals surface area contributed by atoms with Crippen molar-refractivity contribution in [2.75, 3.05) is 0 Å². The largest absolute Gasteiger partial charge is 0.293 e. The molecule has 0 aliphatic carbocycles. The van der Waals surface area contributed by atoms with Gasteiger partial charge in [-0.15, -0.1) is 11.6 Å². The Morgan fingerprint density at radius 1 is 1.40 bits per heavy atom. The Morgan fingerprint density at radius 2 is 1.87 bits per heavy atom. The maximum Gasteiger partial charge on any atom is 0.180 e. The van der Waals surface area contributed by atoms with Gasteiger partial charge in [-0.25, -0.2) is 8.78 Å². The molecule has 1 rings (SSSR count). The number of carbonyl (C=O) groups is 1. The number of alkyl halides is 1. The zero-order chi connectivity index (χ0) is 11.6. The molecule has 82 valence electrons. The summed E-state index contributed by atoms with van der Waals surface area (Å²) < 4.78 is 26.0. The normalized spacial score (nSPS) is 12.6. The van der Waals surface area contributed by atoms with Gasteiger partial charge in [-0.05, 0) is 18.6 Å². The monoisotopic (exact) mass is 252 g/mol. The summed E-state index contributed by atoms with van der Waals surface area (Å²) in [5, 5.41) is -1.39. The van der Waals surface area contributed by atoms with Crippen LogP contribution in [0.25, 0.3) is 0 Å². The first-order valence-corrected chi connectivity index (χ1v) is 5.11. The van der Waals surface area contributed by atoms with Crippen LogP contribution in [-0.4, -0.2) is 11.2 Å². The van der Waals surface area contributed by atoms with Crippen LogP contribution in [0.3, 0.4) is 0 Å². The van der Waals surface area contributed by atoms with Crippen LogP contribution in [0.15, 0.2) is 12.1 Å². The quantitative estimate of drug-likeness (QED) is 0.454. The smallest absolute Gasteiger partial charge is 0.180 e. The van der Waals surface area contributed by atoms with Gasteiger partial charge in [0.2, 0.25) is 0 Å². The lowest BCUT2D eigenvalue weighted by Crippen LogP contribution is -2.14. The van der Waals surface area contributed by atoms with E-state index in [2.05, 4.69) is 0 Å². The molecular formula is C10H8Cl2F2O. The summed E-state index contributed by atoms with van der Waals surface area (Å²) in [7, 11) is 0. The Balaban J connectivity index is 3.12. The van der Waals surface area contributed by atoms with Crippen molar-refractivity contribution in [2.24, 2.45) is 0 Å². The van der Waals surface area contributed by atoms with E-state index < -0.39 is 27.8 Å². The molecule has 1 nitrogen and oxygen atoms in total. The molecule has 5 heteroatoms. The van der Waals surface area contributed by atoms with Crippen LogP contribution in [0, 0.1) is 11.6 Å². The van der Waals surface area contributed by atoms with Crippen LogP contribution >= 0.6 is 23.2 Å². The molecule has 0 aromatic heterocycles. The molecular weight excluding hydrogens is 245 g/mol. The van der Waals surface area contributed by atoms with E-state index in [9.17, 15) is 13.6 Å². The Kier molecular flexibility index (Phi) is 4.05. The van der Waals surface area contributed by atoms with Crippen molar-refractivity contribution >= 4 is 29.0 Å². The number of carbonyl (C=O) groups excluding carboxylic acids is 1. The fourth-order valence-electron chi connectivity index (χ4n) is 1.06. The highest BCUT2D eigenvalue weighted by molar-refractivity contribution is 6.34. The van der Waals surface area contributed by atoms with Crippen molar-refractivity contribution in [3.63, 3.8) is 0 Å². The van der Waals surface area contributed by atoms with Gasteiger partial charge < -0.3 is 0 Å². The molecule has 1 aromatic carbocycles. The number of benzene rings is 1. The third-order valence-corrected chi connectivity index (χ3v) is 2.78. The molecule has 1 atom stereocenters. The second kappa shape index (κ2) is 4.90. The highest BCUT2D eigenvalue weighted by Gasteiger charge is 2.18. The van der Waals surface area contributed by atoms with E-state index in [-0.39, 0.29) is 5.56 Å². The molecule has 0 saturated carbocycles. The van der Waals surface area contributed by atoms with E-state index in [0.717, 1.165) is 12.1 Å². The predicted molar refractivity (Wildman–Crippen MR) is 55.6 cm³/mol. The molecule has 1 aromatic rings. The fourth-order valence-corrected chi connectivity index (χ4v) is 1.30. The molecule has 15 heavy (non-hydrogen) atoms. The van der Waals surface area contributed by atoms with E-state index in [1.165, 1.54) is 0 Å². The molecule has 0 bridgehead atoms. The van der Waals surface area contributed by atoms with Crippen molar-refractivity contribution in [3.05, 3.63) is 34.4 Å². The maximum absolute atomic E-state index is 13.0. The summed E-state index contributed by atoms with van der Waals surface area (Å²) >= 11 is 10.9. The number of rotatable bonds is 3. The minimum Gasteiger partial charge on any atom is -0.293 e.